The van der Waals surface area contributed by atoms with E-state index in [0.717, 1.165) is 23.0 Å². The van der Waals surface area contributed by atoms with E-state index in [1.54, 1.807) is 48.1 Å². The second-order valence-corrected chi connectivity index (χ2v) is 11.6. The van der Waals surface area contributed by atoms with Gasteiger partial charge in [0.25, 0.3) is 0 Å². The van der Waals surface area contributed by atoms with E-state index in [2.05, 4.69) is 20.4 Å². The molecule has 0 spiro atoms. The highest BCUT2D eigenvalue weighted by Crippen LogP contribution is 2.34. The van der Waals surface area contributed by atoms with Crippen molar-refractivity contribution in [2.75, 3.05) is 13.2 Å². The first-order valence-corrected chi connectivity index (χ1v) is 13.7. The van der Waals surface area contributed by atoms with Crippen molar-refractivity contribution in [2.45, 2.75) is 37.0 Å². The lowest BCUT2D eigenvalue weighted by molar-refractivity contribution is -0.139. The van der Waals surface area contributed by atoms with Crippen LogP contribution >= 0.6 is 0 Å². The van der Waals surface area contributed by atoms with E-state index in [9.17, 15) is 18.3 Å². The first-order valence-electron chi connectivity index (χ1n) is 12.2. The van der Waals surface area contributed by atoms with Gasteiger partial charge < -0.3 is 14.6 Å². The Labute approximate surface area is 220 Å². The van der Waals surface area contributed by atoms with E-state index in [1.165, 1.54) is 12.1 Å². The second-order valence-electron chi connectivity index (χ2n) is 9.68. The molecule has 0 saturated heterocycles. The molecule has 9 nitrogen and oxygen atoms in total. The van der Waals surface area contributed by atoms with Crippen LogP contribution < -0.4 is 4.74 Å². The largest absolute Gasteiger partial charge is 0.506 e. The maximum atomic E-state index is 13.3. The average Bonchev–Trinajstić information content (AvgIpc) is 3.53. The summed E-state index contributed by atoms with van der Waals surface area (Å²) in [5, 5.41) is 10.6. The summed E-state index contributed by atoms with van der Waals surface area (Å²) in [6.07, 6.45) is 0.876. The number of carbonyl (C=O) groups is 1. The number of hydrogen-bond acceptors (Lipinski definition) is 6. The molecular weight excluding hydrogens is 506 g/mol. The van der Waals surface area contributed by atoms with Crippen LogP contribution in [0.4, 0.5) is 0 Å². The smallest absolute Gasteiger partial charge is 0.333 e. The molecule has 198 valence electrons. The SMILES string of the molecule is C=C(C)C(=O)OCCOc1ccc(S(=O)(=O)c2ccc3c(c2)n2n(-c4ccc(CC(C)C)cc4O)n32)cc1. The second kappa shape index (κ2) is 9.60. The van der Waals surface area contributed by atoms with Gasteiger partial charge in [-0.25, -0.2) is 13.2 Å². The number of sulfone groups is 1. The quantitative estimate of drug-likeness (QED) is 0.159. The highest BCUT2D eigenvalue weighted by atomic mass is 32.2. The minimum atomic E-state index is -3.77. The lowest BCUT2D eigenvalue weighted by Crippen LogP contribution is -2.12. The number of rotatable bonds is 10. The third-order valence-corrected chi connectivity index (χ3v) is 7.93. The van der Waals surface area contributed by atoms with Gasteiger partial charge in [-0.1, -0.05) is 26.5 Å². The summed E-state index contributed by atoms with van der Waals surface area (Å²) < 4.78 is 40.8. The molecule has 3 aromatic carbocycles. The number of ether oxygens (including phenoxy) is 2. The molecule has 0 amide bonds. The Morgan fingerprint density at radius 3 is 2.29 bits per heavy atom. The number of aromatic hydroxyl groups is 1. The maximum absolute atomic E-state index is 13.3. The van der Waals surface area contributed by atoms with Gasteiger partial charge in [0.05, 0.1) is 9.79 Å². The molecule has 0 fully saturated rings. The first-order chi connectivity index (χ1) is 18.1. The van der Waals surface area contributed by atoms with Crippen LogP contribution in [-0.4, -0.2) is 46.8 Å². The molecule has 38 heavy (non-hydrogen) atoms. The number of fused-ring (bicyclic) bond motifs is 4. The number of phenolic OH excluding ortho intramolecular Hbond substituents is 1. The van der Waals surface area contributed by atoms with E-state index in [4.69, 9.17) is 9.47 Å². The lowest BCUT2D eigenvalue weighted by atomic mass is 10.0. The minimum Gasteiger partial charge on any atom is -0.506 e. The molecular formula is C28H29N3O6S. The number of esters is 1. The number of carbonyl (C=O) groups excluding carboxylic acids is 1. The van der Waals surface area contributed by atoms with Crippen molar-refractivity contribution in [3.8, 4) is 17.2 Å². The molecule has 0 atom stereocenters. The van der Waals surface area contributed by atoms with Crippen LogP contribution in [0.2, 0.25) is 0 Å². The normalized spacial score (nSPS) is 12.1. The molecule has 2 aromatic heterocycles. The highest BCUT2D eigenvalue weighted by Gasteiger charge is 2.28. The van der Waals surface area contributed by atoms with Crippen molar-refractivity contribution in [1.82, 2.24) is 14.1 Å². The van der Waals surface area contributed by atoms with E-state index in [1.807, 2.05) is 21.4 Å². The fraction of sp³-hybridized carbons (Fsp3) is 0.250. The van der Waals surface area contributed by atoms with Crippen molar-refractivity contribution in [2.24, 2.45) is 5.92 Å². The van der Waals surface area contributed by atoms with E-state index in [0.29, 0.717) is 22.9 Å². The third kappa shape index (κ3) is 4.63. The van der Waals surface area contributed by atoms with Crippen molar-refractivity contribution in [3.05, 3.63) is 78.4 Å². The van der Waals surface area contributed by atoms with Crippen LogP contribution in [-0.2, 0) is 25.8 Å². The predicted molar refractivity (Wildman–Crippen MR) is 142 cm³/mol. The summed E-state index contributed by atoms with van der Waals surface area (Å²) in [6, 6.07) is 16.7. The van der Waals surface area contributed by atoms with Gasteiger partial charge in [-0.2, -0.15) is 0 Å². The summed E-state index contributed by atoms with van der Waals surface area (Å²) in [6.45, 7) is 9.53. The summed E-state index contributed by atoms with van der Waals surface area (Å²) in [5.74, 6) is 0.630. The Balaban J connectivity index is 1.31. The van der Waals surface area contributed by atoms with Crippen LogP contribution in [0.1, 0.15) is 26.3 Å². The average molecular weight is 536 g/mol. The van der Waals surface area contributed by atoms with Gasteiger partial charge in [0.15, 0.2) is 0 Å². The molecule has 5 rings (SSSR count). The summed E-state index contributed by atoms with van der Waals surface area (Å²) >= 11 is 0. The van der Waals surface area contributed by atoms with Gasteiger partial charge in [-0.3, -0.25) is 0 Å². The molecule has 0 aliphatic heterocycles. The summed E-state index contributed by atoms with van der Waals surface area (Å²) in [5.41, 5.74) is 3.59. The van der Waals surface area contributed by atoms with Crippen molar-refractivity contribution >= 4 is 26.8 Å². The molecule has 2 heterocycles. The van der Waals surface area contributed by atoms with Crippen LogP contribution in [0.3, 0.4) is 0 Å². The van der Waals surface area contributed by atoms with Crippen LogP contribution in [0.25, 0.3) is 16.7 Å². The van der Waals surface area contributed by atoms with Gasteiger partial charge in [0.2, 0.25) is 9.84 Å². The number of phenols is 1. The van der Waals surface area contributed by atoms with E-state index < -0.39 is 15.8 Å². The van der Waals surface area contributed by atoms with Gasteiger partial charge in [0, 0.05) is 5.57 Å². The van der Waals surface area contributed by atoms with Crippen molar-refractivity contribution < 1.29 is 27.8 Å². The van der Waals surface area contributed by atoms with Gasteiger partial charge in [0.1, 0.15) is 41.4 Å². The van der Waals surface area contributed by atoms with E-state index >= 15 is 0 Å². The van der Waals surface area contributed by atoms with Crippen LogP contribution in [0.5, 0.6) is 11.5 Å². The molecule has 0 unspecified atom stereocenters. The summed E-state index contributed by atoms with van der Waals surface area (Å²) in [7, 11) is -3.77. The Bertz CT molecular complexity index is 1740. The van der Waals surface area contributed by atoms with Crippen molar-refractivity contribution in [1.29, 1.82) is 0 Å². The summed E-state index contributed by atoms with van der Waals surface area (Å²) in [4.78, 5) is 13.5. The Morgan fingerprint density at radius 1 is 0.947 bits per heavy atom. The zero-order valence-electron chi connectivity index (χ0n) is 21.4. The molecule has 0 bridgehead atoms. The predicted octanol–water partition coefficient (Wildman–Crippen LogP) is 4.66. The molecule has 5 aromatic rings. The Kier molecular flexibility index (Phi) is 6.44. The fourth-order valence-corrected chi connectivity index (χ4v) is 5.58. The minimum absolute atomic E-state index is 0.0608. The zero-order chi connectivity index (χ0) is 27.2. The third-order valence-electron chi connectivity index (χ3n) is 6.16. The van der Waals surface area contributed by atoms with Gasteiger partial charge >= 0.3 is 5.97 Å². The molecule has 1 N–H and O–H groups in total. The van der Waals surface area contributed by atoms with Crippen LogP contribution in [0, 0.1) is 5.92 Å². The maximum Gasteiger partial charge on any atom is 0.333 e. The lowest BCUT2D eigenvalue weighted by Gasteiger charge is -2.09. The van der Waals surface area contributed by atoms with E-state index in [-0.39, 0.29) is 28.8 Å². The monoisotopic (exact) mass is 535 g/mol. The highest BCUT2D eigenvalue weighted by molar-refractivity contribution is 7.91. The first kappa shape index (κ1) is 25.5. The molecule has 10 heteroatoms. The molecule has 0 radical (unpaired) electrons. The Hall–Kier alpha value is -4.18. The molecule has 0 aliphatic rings. The number of hydrogen-bond donors (Lipinski definition) is 1. The zero-order valence-corrected chi connectivity index (χ0v) is 22.2. The molecule has 0 saturated carbocycles. The number of benzene rings is 3. The van der Waals surface area contributed by atoms with Crippen LogP contribution in [0.15, 0.2) is 82.6 Å². The fourth-order valence-electron chi connectivity index (χ4n) is 4.30. The standard InChI is InChI=1S/C28H29N3O6S/c1-18(2)15-20-5-11-25(27(32)16-20)30-29-24-12-10-23(17-26(24)31(29)30)38(34,35)22-8-6-21(7-9-22)36-13-14-37-28(33)19(3)4/h5-12,16-18,32H,3,13-15H2,1-2,4H3. The molecule has 0 aliphatic carbocycles. The number of nitrogens with zero attached hydrogens (tertiary/aromatic N) is 3. The number of aromatic nitrogens is 3. The van der Waals surface area contributed by atoms with Crippen molar-refractivity contribution in [3.63, 3.8) is 0 Å². The Morgan fingerprint density at radius 2 is 1.63 bits per heavy atom. The van der Waals surface area contributed by atoms with Gasteiger partial charge in [-0.15, -0.1) is 14.1 Å². The van der Waals surface area contributed by atoms with Gasteiger partial charge in [-0.05, 0) is 79.4 Å². The topological polar surface area (TPSA) is 104 Å².